The molecule has 0 saturated carbocycles. The number of hydrogen-bond donors (Lipinski definition) is 3. The molecule has 0 aliphatic heterocycles. The number of esters is 2. The van der Waals surface area contributed by atoms with E-state index >= 15 is 0 Å². The van der Waals surface area contributed by atoms with Gasteiger partial charge in [0.2, 0.25) is 0 Å². The van der Waals surface area contributed by atoms with E-state index < -0.39 is 6.10 Å². The summed E-state index contributed by atoms with van der Waals surface area (Å²) < 4.78 is 58.4. The van der Waals surface area contributed by atoms with Gasteiger partial charge in [-0.2, -0.15) is 0 Å². The summed E-state index contributed by atoms with van der Waals surface area (Å²) in [6.45, 7) is 13.5. The summed E-state index contributed by atoms with van der Waals surface area (Å²) in [6, 6.07) is 7.29. The van der Waals surface area contributed by atoms with Crippen molar-refractivity contribution in [2.24, 2.45) is 0 Å². The molecule has 1 aromatic rings. The molecule has 418 valence electrons. The number of nitrogens with one attached hydrogen (secondary N) is 1. The van der Waals surface area contributed by atoms with Crippen molar-refractivity contribution in [1.82, 2.24) is 0 Å². The fourth-order valence-electron chi connectivity index (χ4n) is 6.86. The van der Waals surface area contributed by atoms with Gasteiger partial charge in [-0.25, -0.2) is 4.79 Å². The maximum atomic E-state index is 12.1. The topological polar surface area (TPSA) is 188 Å². The minimum absolute atomic E-state index is 0.103. The van der Waals surface area contributed by atoms with Crippen molar-refractivity contribution >= 4 is 17.6 Å². The highest BCUT2D eigenvalue weighted by Crippen LogP contribution is 2.15. The van der Waals surface area contributed by atoms with Crippen molar-refractivity contribution in [2.75, 3.05) is 151 Å². The van der Waals surface area contributed by atoms with Gasteiger partial charge in [0.05, 0.1) is 124 Å². The molecule has 1 unspecified atom stereocenters. The Hall–Kier alpha value is -2.48. The zero-order chi connectivity index (χ0) is 51.6. The van der Waals surface area contributed by atoms with Gasteiger partial charge in [-0.3, -0.25) is 4.79 Å². The van der Waals surface area contributed by atoms with E-state index in [1.165, 1.54) is 109 Å². The molecule has 0 radical (unpaired) electrons. The van der Waals surface area contributed by atoms with E-state index in [0.29, 0.717) is 124 Å². The fourth-order valence-corrected chi connectivity index (χ4v) is 6.86. The first-order valence-electron chi connectivity index (χ1n) is 27.5. The Morgan fingerprint density at radius 2 is 0.789 bits per heavy atom. The van der Waals surface area contributed by atoms with Crippen LogP contribution < -0.4 is 5.32 Å². The van der Waals surface area contributed by atoms with E-state index in [-0.39, 0.29) is 31.8 Å². The van der Waals surface area contributed by atoms with Crippen LogP contribution in [-0.4, -0.2) is 174 Å². The molecule has 1 rings (SSSR count). The van der Waals surface area contributed by atoms with Crippen LogP contribution in [0.4, 0.5) is 5.69 Å². The summed E-state index contributed by atoms with van der Waals surface area (Å²) in [5, 5.41) is 21.1. The molecule has 71 heavy (non-hydrogen) atoms. The Kier molecular flexibility index (Phi) is 56.4. The highest BCUT2D eigenvalue weighted by Gasteiger charge is 2.08. The minimum atomic E-state index is -0.955. The van der Waals surface area contributed by atoms with Crippen LogP contribution >= 0.6 is 0 Å². The molecule has 0 amide bonds. The Morgan fingerprint density at radius 1 is 0.451 bits per heavy atom. The molecule has 0 fully saturated rings. The standard InChI is InChI=1S/C30H53NO11.C25H50O4/c1-3-4-9-31-29-7-5-28(6-8-29)30(32)42-27-26-41-25-24-40-23-22-39-21-20-38-19-18-37-17-16-36-15-14-35-13-12-34-11-10-33-2;1-2-3-4-5-6-7-8-9-10-11-12-13-14-15-16-17-18-19-20-21-25(28)29-23-24(27)22-26/h5-8,31H,3-4,9-27H2,1-2H3;24,26-27H,2-23H2,1H3. The Balaban J connectivity index is 0.00000148. The van der Waals surface area contributed by atoms with E-state index in [1.807, 2.05) is 12.1 Å². The van der Waals surface area contributed by atoms with Gasteiger partial charge in [0.25, 0.3) is 0 Å². The normalized spacial score (nSPS) is 11.6. The highest BCUT2D eigenvalue weighted by molar-refractivity contribution is 5.89. The molecule has 0 saturated heterocycles. The summed E-state index contributed by atoms with van der Waals surface area (Å²) in [5.41, 5.74) is 1.52. The van der Waals surface area contributed by atoms with Gasteiger partial charge in [-0.1, -0.05) is 136 Å². The SMILES string of the molecule is CCCCCCCCCCCCCCCCCCCCCC(=O)OCC(O)CO.CCCCNc1ccc(C(=O)OCCOCCOCCOCCOCCOCCOCCOCCOCCOC)cc1. The molecule has 0 spiro atoms. The van der Waals surface area contributed by atoms with Gasteiger partial charge in [0, 0.05) is 25.8 Å². The summed E-state index contributed by atoms with van der Waals surface area (Å²) in [6.07, 6.45) is 27.1. The second-order valence-electron chi connectivity index (χ2n) is 17.5. The molecule has 0 bridgehead atoms. The van der Waals surface area contributed by atoms with Crippen LogP contribution in [0.2, 0.25) is 0 Å². The average Bonchev–Trinajstić information content (AvgIpc) is 3.38. The molecule has 0 aromatic heterocycles. The third kappa shape index (κ3) is 53.6. The maximum Gasteiger partial charge on any atom is 0.338 e. The van der Waals surface area contributed by atoms with Crippen molar-refractivity contribution in [3.05, 3.63) is 29.8 Å². The molecule has 3 N–H and O–H groups in total. The number of carbonyl (C=O) groups excluding carboxylic acids is 2. The number of anilines is 1. The lowest BCUT2D eigenvalue weighted by Gasteiger charge is -2.09. The quantitative estimate of drug-likeness (QED) is 0.0413. The van der Waals surface area contributed by atoms with Crippen LogP contribution in [0.15, 0.2) is 24.3 Å². The first kappa shape index (κ1) is 68.5. The minimum Gasteiger partial charge on any atom is -0.463 e. The molecule has 1 atom stereocenters. The molecule has 0 heterocycles. The molecule has 16 heteroatoms. The number of methoxy groups -OCH3 is 1. The van der Waals surface area contributed by atoms with Gasteiger partial charge in [0.1, 0.15) is 19.3 Å². The summed E-state index contributed by atoms with van der Waals surface area (Å²) in [7, 11) is 1.64. The van der Waals surface area contributed by atoms with Crippen molar-refractivity contribution in [3.63, 3.8) is 0 Å². The number of hydrogen-bond acceptors (Lipinski definition) is 16. The third-order valence-electron chi connectivity index (χ3n) is 11.1. The van der Waals surface area contributed by atoms with Gasteiger partial charge in [-0.05, 0) is 37.1 Å². The zero-order valence-electron chi connectivity index (χ0n) is 45.0. The smallest absolute Gasteiger partial charge is 0.338 e. The van der Waals surface area contributed by atoms with Crippen LogP contribution in [0, 0.1) is 0 Å². The first-order valence-corrected chi connectivity index (χ1v) is 27.5. The van der Waals surface area contributed by atoms with E-state index in [2.05, 4.69) is 19.2 Å². The van der Waals surface area contributed by atoms with E-state index in [0.717, 1.165) is 37.9 Å². The first-order chi connectivity index (χ1) is 35.0. The maximum absolute atomic E-state index is 12.1. The molecular formula is C55H103NO15. The molecular weight excluding hydrogens is 915 g/mol. The van der Waals surface area contributed by atoms with Gasteiger partial charge in [-0.15, -0.1) is 0 Å². The second-order valence-corrected chi connectivity index (χ2v) is 17.5. The molecule has 0 aliphatic carbocycles. The Morgan fingerprint density at radius 3 is 1.14 bits per heavy atom. The fraction of sp³-hybridized carbons (Fsp3) is 0.855. The monoisotopic (exact) mass is 1020 g/mol. The lowest BCUT2D eigenvalue weighted by molar-refractivity contribution is -0.147. The van der Waals surface area contributed by atoms with Crippen LogP contribution in [0.3, 0.4) is 0 Å². The Labute approximate surface area is 430 Å². The number of ether oxygens (including phenoxy) is 11. The van der Waals surface area contributed by atoms with Crippen LogP contribution in [0.25, 0.3) is 0 Å². The number of benzene rings is 1. The summed E-state index contributed by atoms with van der Waals surface area (Å²) >= 11 is 0. The van der Waals surface area contributed by atoms with Crippen molar-refractivity contribution < 1.29 is 71.9 Å². The van der Waals surface area contributed by atoms with Crippen molar-refractivity contribution in [2.45, 2.75) is 161 Å². The lowest BCUT2D eigenvalue weighted by atomic mass is 10.0. The van der Waals surface area contributed by atoms with E-state index in [9.17, 15) is 9.59 Å². The second kappa shape index (κ2) is 58.4. The highest BCUT2D eigenvalue weighted by atomic mass is 16.6. The van der Waals surface area contributed by atoms with Crippen molar-refractivity contribution in [1.29, 1.82) is 0 Å². The number of aliphatic hydroxyl groups is 2. The predicted molar refractivity (Wildman–Crippen MR) is 281 cm³/mol. The van der Waals surface area contributed by atoms with Crippen LogP contribution in [0.1, 0.15) is 165 Å². The Bertz CT molecular complexity index is 1220. The van der Waals surface area contributed by atoms with Crippen LogP contribution in [-0.2, 0) is 56.9 Å². The third-order valence-corrected chi connectivity index (χ3v) is 11.1. The summed E-state index contributed by atoms with van der Waals surface area (Å²) in [4.78, 5) is 23.5. The van der Waals surface area contributed by atoms with E-state index in [4.69, 9.17) is 62.3 Å². The largest absolute Gasteiger partial charge is 0.463 e. The van der Waals surface area contributed by atoms with E-state index in [1.54, 1.807) is 19.2 Å². The average molecular weight is 1020 g/mol. The van der Waals surface area contributed by atoms with Crippen molar-refractivity contribution in [3.8, 4) is 0 Å². The molecule has 16 nitrogen and oxygen atoms in total. The number of rotatable bonds is 55. The van der Waals surface area contributed by atoms with Crippen LogP contribution in [0.5, 0.6) is 0 Å². The lowest BCUT2D eigenvalue weighted by Crippen LogP contribution is -2.21. The van der Waals surface area contributed by atoms with Gasteiger partial charge < -0.3 is 67.6 Å². The zero-order valence-corrected chi connectivity index (χ0v) is 45.0. The molecule has 1 aromatic carbocycles. The number of unbranched alkanes of at least 4 members (excludes halogenated alkanes) is 19. The van der Waals surface area contributed by atoms with Gasteiger partial charge >= 0.3 is 11.9 Å². The van der Waals surface area contributed by atoms with Gasteiger partial charge in [0.15, 0.2) is 0 Å². The number of carbonyl (C=O) groups is 2. The summed E-state index contributed by atoms with van der Waals surface area (Å²) in [5.74, 6) is -0.632. The molecule has 0 aliphatic rings. The predicted octanol–water partition coefficient (Wildman–Crippen LogP) is 9.54. The number of aliphatic hydroxyl groups excluding tert-OH is 2.